The Labute approximate surface area is 151 Å². The smallest absolute Gasteiger partial charge is 0.335 e. The van der Waals surface area contributed by atoms with Crippen molar-refractivity contribution in [3.8, 4) is 0 Å². The Morgan fingerprint density at radius 2 is 1.85 bits per heavy atom. The molecule has 0 radical (unpaired) electrons. The molecule has 1 heterocycles. The number of benzene rings is 2. The highest BCUT2D eigenvalue weighted by Crippen LogP contribution is 2.33. The fourth-order valence-corrected chi connectivity index (χ4v) is 4.81. The molecule has 0 saturated heterocycles. The molecular weight excluding hydrogens is 380 g/mol. The van der Waals surface area contributed by atoms with E-state index in [1.807, 2.05) is 0 Å². The Bertz CT molecular complexity index is 1090. The van der Waals surface area contributed by atoms with Crippen LogP contribution in [0.5, 0.6) is 0 Å². The molecular formula is C16H16N2O6S2. The highest BCUT2D eigenvalue weighted by atomic mass is 32.2. The lowest BCUT2D eigenvalue weighted by Crippen LogP contribution is -2.27. The molecule has 0 atom stereocenters. The minimum atomic E-state index is -4.02. The van der Waals surface area contributed by atoms with Crippen LogP contribution in [0.1, 0.15) is 15.9 Å². The monoisotopic (exact) mass is 396 g/mol. The number of hydrogen-bond acceptors (Lipinski definition) is 5. The fourth-order valence-electron chi connectivity index (χ4n) is 2.77. The van der Waals surface area contributed by atoms with Gasteiger partial charge in [0.25, 0.3) is 10.0 Å². The molecule has 2 N–H and O–H groups in total. The molecule has 138 valence electrons. The molecule has 3 rings (SSSR count). The number of carboxylic acids is 1. The fraction of sp³-hybridized carbons (Fsp3) is 0.188. The summed E-state index contributed by atoms with van der Waals surface area (Å²) in [5.41, 5.74) is 1.29. The minimum Gasteiger partial charge on any atom is -0.478 e. The first-order valence-electron chi connectivity index (χ1n) is 7.55. The van der Waals surface area contributed by atoms with E-state index < -0.39 is 26.0 Å². The highest BCUT2D eigenvalue weighted by molar-refractivity contribution is 7.92. The Balaban J connectivity index is 1.95. The van der Waals surface area contributed by atoms with Gasteiger partial charge in [-0.2, -0.15) is 0 Å². The van der Waals surface area contributed by atoms with Gasteiger partial charge >= 0.3 is 5.97 Å². The van der Waals surface area contributed by atoms with Crippen LogP contribution in [0.2, 0.25) is 0 Å². The number of rotatable bonds is 5. The largest absolute Gasteiger partial charge is 0.478 e. The number of fused-ring (bicyclic) bond motifs is 1. The number of nitrogens with zero attached hydrogens (tertiary/aromatic N) is 1. The van der Waals surface area contributed by atoms with E-state index in [0.717, 1.165) is 17.9 Å². The van der Waals surface area contributed by atoms with Gasteiger partial charge in [0, 0.05) is 6.54 Å². The van der Waals surface area contributed by atoms with Gasteiger partial charge in [0.15, 0.2) is 0 Å². The summed E-state index contributed by atoms with van der Waals surface area (Å²) in [7, 11) is -7.47. The summed E-state index contributed by atoms with van der Waals surface area (Å²) in [5.74, 6) is -1.23. The number of anilines is 2. The summed E-state index contributed by atoms with van der Waals surface area (Å²) in [4.78, 5) is 10.8. The highest BCUT2D eigenvalue weighted by Gasteiger charge is 2.27. The van der Waals surface area contributed by atoms with Gasteiger partial charge in [-0.25, -0.2) is 21.6 Å². The Morgan fingerprint density at radius 3 is 2.50 bits per heavy atom. The van der Waals surface area contributed by atoms with E-state index in [2.05, 4.69) is 4.72 Å². The van der Waals surface area contributed by atoms with Crippen molar-refractivity contribution >= 4 is 37.4 Å². The summed E-state index contributed by atoms with van der Waals surface area (Å²) in [6.45, 7) is 0.311. The summed E-state index contributed by atoms with van der Waals surface area (Å²) in [6.07, 6.45) is 1.65. The van der Waals surface area contributed by atoms with Crippen molar-refractivity contribution in [2.75, 3.05) is 21.8 Å². The number of sulfonamides is 2. The molecule has 0 amide bonds. The topological polar surface area (TPSA) is 121 Å². The van der Waals surface area contributed by atoms with Gasteiger partial charge in [-0.15, -0.1) is 0 Å². The van der Waals surface area contributed by atoms with Gasteiger partial charge in [0.2, 0.25) is 10.0 Å². The number of aromatic carboxylic acids is 1. The second-order valence-electron chi connectivity index (χ2n) is 5.87. The Morgan fingerprint density at radius 1 is 1.12 bits per heavy atom. The molecule has 8 nitrogen and oxygen atoms in total. The van der Waals surface area contributed by atoms with E-state index in [9.17, 15) is 21.6 Å². The quantitative estimate of drug-likeness (QED) is 0.790. The van der Waals surface area contributed by atoms with Gasteiger partial charge in [0.05, 0.1) is 28.1 Å². The van der Waals surface area contributed by atoms with Crippen LogP contribution < -0.4 is 9.03 Å². The van der Waals surface area contributed by atoms with Crippen molar-refractivity contribution in [1.29, 1.82) is 0 Å². The maximum Gasteiger partial charge on any atom is 0.335 e. The SMILES string of the molecule is CS(=O)(=O)N1CCc2ccc(NS(=O)(=O)c3cccc(C(=O)O)c3)cc21. The van der Waals surface area contributed by atoms with E-state index in [0.29, 0.717) is 18.7 Å². The number of hydrogen-bond donors (Lipinski definition) is 2. The van der Waals surface area contributed by atoms with Gasteiger partial charge < -0.3 is 5.11 Å². The molecule has 0 aliphatic carbocycles. The lowest BCUT2D eigenvalue weighted by Gasteiger charge is -2.17. The molecule has 2 aromatic carbocycles. The van der Waals surface area contributed by atoms with E-state index in [-0.39, 0.29) is 16.1 Å². The van der Waals surface area contributed by atoms with Gasteiger partial charge in [-0.3, -0.25) is 9.03 Å². The van der Waals surface area contributed by atoms with Gasteiger partial charge in [-0.1, -0.05) is 12.1 Å². The zero-order valence-corrected chi connectivity index (χ0v) is 15.3. The average Bonchev–Trinajstić information content (AvgIpc) is 2.98. The van der Waals surface area contributed by atoms with E-state index >= 15 is 0 Å². The molecule has 0 aromatic heterocycles. The maximum atomic E-state index is 12.5. The minimum absolute atomic E-state index is 0.148. The maximum absolute atomic E-state index is 12.5. The summed E-state index contributed by atoms with van der Waals surface area (Å²) < 4.78 is 52.3. The van der Waals surface area contributed by atoms with Crippen LogP contribution >= 0.6 is 0 Å². The standard InChI is InChI=1S/C16H16N2O6S2/c1-25(21,22)18-8-7-11-5-6-13(10-15(11)18)17-26(23,24)14-4-2-3-12(9-14)16(19)20/h2-6,9-10,17H,7-8H2,1H3,(H,19,20). The van der Waals surface area contributed by atoms with Crippen LogP contribution in [0.3, 0.4) is 0 Å². The molecule has 10 heteroatoms. The van der Waals surface area contributed by atoms with Crippen molar-refractivity contribution in [3.05, 3.63) is 53.6 Å². The van der Waals surface area contributed by atoms with Gasteiger partial charge in [0.1, 0.15) is 0 Å². The first-order valence-corrected chi connectivity index (χ1v) is 10.9. The molecule has 26 heavy (non-hydrogen) atoms. The zero-order valence-electron chi connectivity index (χ0n) is 13.7. The predicted octanol–water partition coefficient (Wildman–Crippen LogP) is 1.51. The van der Waals surface area contributed by atoms with Crippen LogP contribution in [0.15, 0.2) is 47.4 Å². The summed E-state index contributed by atoms with van der Waals surface area (Å²) >= 11 is 0. The zero-order chi connectivity index (χ0) is 19.1. The van der Waals surface area contributed by atoms with Crippen molar-refractivity contribution in [2.45, 2.75) is 11.3 Å². The average molecular weight is 396 g/mol. The van der Waals surface area contributed by atoms with Crippen LogP contribution in [0.4, 0.5) is 11.4 Å². The van der Waals surface area contributed by atoms with E-state index in [4.69, 9.17) is 5.11 Å². The van der Waals surface area contributed by atoms with E-state index in [1.165, 1.54) is 28.6 Å². The third-order valence-electron chi connectivity index (χ3n) is 3.98. The van der Waals surface area contributed by atoms with Gasteiger partial charge in [-0.05, 0) is 42.3 Å². The Hall–Kier alpha value is -2.59. The third-order valence-corrected chi connectivity index (χ3v) is 6.54. The number of carbonyl (C=O) groups is 1. The van der Waals surface area contributed by atoms with Crippen molar-refractivity contribution in [3.63, 3.8) is 0 Å². The van der Waals surface area contributed by atoms with Crippen molar-refractivity contribution in [1.82, 2.24) is 0 Å². The molecule has 0 unspecified atom stereocenters. The van der Waals surface area contributed by atoms with Crippen LogP contribution in [0.25, 0.3) is 0 Å². The summed E-state index contributed by atoms with van der Waals surface area (Å²) in [5, 5.41) is 9.00. The van der Waals surface area contributed by atoms with Crippen molar-refractivity contribution < 1.29 is 26.7 Å². The van der Waals surface area contributed by atoms with E-state index in [1.54, 1.807) is 12.1 Å². The lowest BCUT2D eigenvalue weighted by atomic mass is 10.1. The second kappa shape index (κ2) is 6.29. The van der Waals surface area contributed by atoms with Crippen LogP contribution in [-0.4, -0.2) is 40.7 Å². The first kappa shape index (κ1) is 18.2. The normalized spacial score (nSPS) is 14.1. The molecule has 0 saturated carbocycles. The molecule has 1 aliphatic heterocycles. The predicted molar refractivity (Wildman–Crippen MR) is 96.5 cm³/mol. The lowest BCUT2D eigenvalue weighted by molar-refractivity contribution is 0.0696. The van der Waals surface area contributed by atoms with Crippen LogP contribution in [0, 0.1) is 0 Å². The molecule has 0 spiro atoms. The summed E-state index contributed by atoms with van der Waals surface area (Å²) in [6, 6.07) is 9.65. The second-order valence-corrected chi connectivity index (χ2v) is 9.46. The molecule has 0 bridgehead atoms. The number of nitrogens with one attached hydrogen (secondary N) is 1. The molecule has 0 fully saturated rings. The van der Waals surface area contributed by atoms with Crippen LogP contribution in [-0.2, 0) is 26.5 Å². The molecule has 1 aliphatic rings. The first-order chi connectivity index (χ1) is 12.1. The third kappa shape index (κ3) is 3.51. The van der Waals surface area contributed by atoms with Crippen molar-refractivity contribution in [2.24, 2.45) is 0 Å². The molecule has 2 aromatic rings. The number of carboxylic acid groups (broad SMARTS) is 1. The Kier molecular flexibility index (Phi) is 4.41.